The molecule has 2 aromatic rings. The number of hydrogen-bond acceptors (Lipinski definition) is 2. The summed E-state index contributed by atoms with van der Waals surface area (Å²) in [6.07, 6.45) is 0. The van der Waals surface area contributed by atoms with Gasteiger partial charge in [-0.2, -0.15) is 0 Å². The predicted octanol–water partition coefficient (Wildman–Crippen LogP) is 2.78. The molecular formula is C15H13NO2. The lowest BCUT2D eigenvalue weighted by Gasteiger charge is -2.09. The van der Waals surface area contributed by atoms with Crippen molar-refractivity contribution in [3.63, 3.8) is 0 Å². The van der Waals surface area contributed by atoms with Crippen LogP contribution in [0, 0.1) is 6.92 Å². The molecule has 0 aromatic heterocycles. The molecule has 1 amide bonds. The molecule has 0 fully saturated rings. The number of phenols is 1. The number of carbonyl (C=O) groups is 1. The molecule has 1 heterocycles. The Bertz CT molecular complexity index is 617. The summed E-state index contributed by atoms with van der Waals surface area (Å²) in [6.45, 7) is 2.01. The van der Waals surface area contributed by atoms with Gasteiger partial charge in [-0.05, 0) is 36.2 Å². The lowest BCUT2D eigenvalue weighted by molar-refractivity contribution is -0.116. The van der Waals surface area contributed by atoms with Crippen LogP contribution in [0.15, 0.2) is 42.5 Å². The molecule has 1 unspecified atom stereocenters. The first kappa shape index (κ1) is 10.8. The number of phenolic OH excluding ortho intramolecular Hbond substituents is 1. The molecule has 0 spiro atoms. The third kappa shape index (κ3) is 1.64. The number of benzene rings is 2. The Balaban J connectivity index is 2.11. The van der Waals surface area contributed by atoms with Crippen molar-refractivity contribution in [2.24, 2.45) is 0 Å². The molecule has 90 valence electrons. The van der Waals surface area contributed by atoms with Gasteiger partial charge >= 0.3 is 0 Å². The Morgan fingerprint density at radius 3 is 2.56 bits per heavy atom. The van der Waals surface area contributed by atoms with Crippen LogP contribution in [-0.4, -0.2) is 11.0 Å². The topological polar surface area (TPSA) is 49.3 Å². The van der Waals surface area contributed by atoms with Crippen molar-refractivity contribution in [3.8, 4) is 5.75 Å². The Morgan fingerprint density at radius 1 is 1.11 bits per heavy atom. The molecular weight excluding hydrogens is 226 g/mol. The summed E-state index contributed by atoms with van der Waals surface area (Å²) in [4.78, 5) is 12.1. The summed E-state index contributed by atoms with van der Waals surface area (Å²) in [6, 6.07) is 12.7. The molecule has 2 N–H and O–H groups in total. The van der Waals surface area contributed by atoms with Crippen molar-refractivity contribution in [1.82, 2.24) is 0 Å². The normalized spacial score (nSPS) is 17.4. The van der Waals surface area contributed by atoms with E-state index in [9.17, 15) is 9.90 Å². The Labute approximate surface area is 105 Å². The highest BCUT2D eigenvalue weighted by Crippen LogP contribution is 2.37. The van der Waals surface area contributed by atoms with Gasteiger partial charge in [0.25, 0.3) is 0 Å². The lowest BCUT2D eigenvalue weighted by atomic mass is 9.92. The first-order chi connectivity index (χ1) is 8.65. The van der Waals surface area contributed by atoms with E-state index in [1.165, 1.54) is 0 Å². The largest absolute Gasteiger partial charge is 0.508 e. The van der Waals surface area contributed by atoms with Crippen molar-refractivity contribution in [2.45, 2.75) is 12.8 Å². The zero-order chi connectivity index (χ0) is 12.7. The van der Waals surface area contributed by atoms with E-state index in [1.54, 1.807) is 24.3 Å². The highest BCUT2D eigenvalue weighted by Gasteiger charge is 2.31. The zero-order valence-corrected chi connectivity index (χ0v) is 9.97. The minimum Gasteiger partial charge on any atom is -0.508 e. The van der Waals surface area contributed by atoms with Crippen LogP contribution in [-0.2, 0) is 4.79 Å². The van der Waals surface area contributed by atoms with Crippen LogP contribution in [0.25, 0.3) is 0 Å². The second kappa shape index (κ2) is 3.88. The van der Waals surface area contributed by atoms with Crippen LogP contribution in [0.4, 0.5) is 5.69 Å². The van der Waals surface area contributed by atoms with Crippen molar-refractivity contribution < 1.29 is 9.90 Å². The van der Waals surface area contributed by atoms with Crippen LogP contribution in [0.2, 0.25) is 0 Å². The molecule has 3 rings (SSSR count). The van der Waals surface area contributed by atoms with Crippen LogP contribution in [0.1, 0.15) is 22.6 Å². The standard InChI is InChI=1S/C15H13NO2/c1-9-2-7-13-12(8-9)14(15(18)16-13)10-3-5-11(17)6-4-10/h2-8,14,17H,1H3,(H,16,18). The summed E-state index contributed by atoms with van der Waals surface area (Å²) in [5.41, 5.74) is 3.91. The van der Waals surface area contributed by atoms with Crippen molar-refractivity contribution in [1.29, 1.82) is 0 Å². The SMILES string of the molecule is Cc1ccc2c(c1)C(c1ccc(O)cc1)C(=O)N2. The second-order valence-corrected chi connectivity index (χ2v) is 4.60. The number of hydrogen-bond donors (Lipinski definition) is 2. The first-order valence-electron chi connectivity index (χ1n) is 5.85. The lowest BCUT2D eigenvalue weighted by Crippen LogP contribution is -2.12. The van der Waals surface area contributed by atoms with Gasteiger partial charge in [0.05, 0.1) is 5.92 Å². The number of nitrogens with one attached hydrogen (secondary N) is 1. The quantitative estimate of drug-likeness (QED) is 0.804. The summed E-state index contributed by atoms with van der Waals surface area (Å²) < 4.78 is 0. The molecule has 3 heteroatoms. The Hall–Kier alpha value is -2.29. The van der Waals surface area contributed by atoms with Gasteiger partial charge in [0.1, 0.15) is 5.75 Å². The number of aryl methyl sites for hydroxylation is 1. The first-order valence-corrected chi connectivity index (χ1v) is 5.85. The summed E-state index contributed by atoms with van der Waals surface area (Å²) in [5, 5.41) is 12.2. The molecule has 0 aliphatic carbocycles. The molecule has 0 saturated heterocycles. The molecule has 2 aromatic carbocycles. The maximum Gasteiger partial charge on any atom is 0.236 e. The summed E-state index contributed by atoms with van der Waals surface area (Å²) >= 11 is 0. The smallest absolute Gasteiger partial charge is 0.236 e. The Morgan fingerprint density at radius 2 is 1.83 bits per heavy atom. The number of fused-ring (bicyclic) bond motifs is 1. The van der Waals surface area contributed by atoms with Gasteiger partial charge in [-0.25, -0.2) is 0 Å². The van der Waals surface area contributed by atoms with Gasteiger partial charge in [-0.15, -0.1) is 0 Å². The minimum atomic E-state index is -0.277. The highest BCUT2D eigenvalue weighted by molar-refractivity contribution is 6.05. The monoisotopic (exact) mass is 239 g/mol. The van der Waals surface area contributed by atoms with E-state index in [0.29, 0.717) is 0 Å². The van der Waals surface area contributed by atoms with Crippen LogP contribution >= 0.6 is 0 Å². The van der Waals surface area contributed by atoms with Crippen molar-refractivity contribution >= 4 is 11.6 Å². The van der Waals surface area contributed by atoms with E-state index in [-0.39, 0.29) is 17.6 Å². The summed E-state index contributed by atoms with van der Waals surface area (Å²) in [5.74, 6) is -0.0802. The van der Waals surface area contributed by atoms with E-state index in [2.05, 4.69) is 5.32 Å². The number of rotatable bonds is 1. The van der Waals surface area contributed by atoms with E-state index in [4.69, 9.17) is 0 Å². The van der Waals surface area contributed by atoms with Gasteiger partial charge < -0.3 is 10.4 Å². The second-order valence-electron chi connectivity index (χ2n) is 4.60. The fourth-order valence-corrected chi connectivity index (χ4v) is 2.38. The van der Waals surface area contributed by atoms with E-state index >= 15 is 0 Å². The molecule has 1 aliphatic heterocycles. The molecule has 0 saturated carbocycles. The molecule has 18 heavy (non-hydrogen) atoms. The number of aromatic hydroxyl groups is 1. The Kier molecular flexibility index (Phi) is 2.33. The van der Waals surface area contributed by atoms with Crippen molar-refractivity contribution in [3.05, 3.63) is 59.2 Å². The molecule has 1 aliphatic rings. The maximum atomic E-state index is 12.1. The van der Waals surface area contributed by atoms with Crippen LogP contribution < -0.4 is 5.32 Å². The van der Waals surface area contributed by atoms with Gasteiger partial charge in [-0.1, -0.05) is 29.8 Å². The zero-order valence-electron chi connectivity index (χ0n) is 9.97. The average Bonchev–Trinajstić information content (AvgIpc) is 2.66. The van der Waals surface area contributed by atoms with E-state index < -0.39 is 0 Å². The molecule has 1 atom stereocenters. The minimum absolute atomic E-state index is 0.0127. The third-order valence-electron chi connectivity index (χ3n) is 3.26. The number of amides is 1. The third-order valence-corrected chi connectivity index (χ3v) is 3.26. The fourth-order valence-electron chi connectivity index (χ4n) is 2.38. The number of anilines is 1. The highest BCUT2D eigenvalue weighted by atomic mass is 16.3. The molecule has 0 radical (unpaired) electrons. The number of carbonyl (C=O) groups excluding carboxylic acids is 1. The van der Waals surface area contributed by atoms with E-state index in [1.807, 2.05) is 25.1 Å². The van der Waals surface area contributed by atoms with Crippen LogP contribution in [0.3, 0.4) is 0 Å². The average molecular weight is 239 g/mol. The fraction of sp³-hybridized carbons (Fsp3) is 0.133. The predicted molar refractivity (Wildman–Crippen MR) is 69.8 cm³/mol. The molecule has 3 nitrogen and oxygen atoms in total. The molecule has 0 bridgehead atoms. The van der Waals surface area contributed by atoms with Gasteiger partial charge in [0, 0.05) is 5.69 Å². The van der Waals surface area contributed by atoms with Gasteiger partial charge in [-0.3, -0.25) is 4.79 Å². The maximum absolute atomic E-state index is 12.1. The van der Waals surface area contributed by atoms with Crippen LogP contribution in [0.5, 0.6) is 5.75 Å². The van der Waals surface area contributed by atoms with Crippen molar-refractivity contribution in [2.75, 3.05) is 5.32 Å². The van der Waals surface area contributed by atoms with Gasteiger partial charge in [0.2, 0.25) is 5.91 Å². The van der Waals surface area contributed by atoms with Gasteiger partial charge in [0.15, 0.2) is 0 Å². The van der Waals surface area contributed by atoms with E-state index in [0.717, 1.165) is 22.4 Å². The summed E-state index contributed by atoms with van der Waals surface area (Å²) in [7, 11) is 0.